The molecule has 1 saturated heterocycles. The molecule has 2 N–H and O–H groups in total. The highest BCUT2D eigenvalue weighted by atomic mass is 16.2. The molecule has 3 nitrogen and oxygen atoms in total. The van der Waals surface area contributed by atoms with Crippen molar-refractivity contribution in [2.75, 3.05) is 6.54 Å². The molecule has 0 aromatic carbocycles. The summed E-state index contributed by atoms with van der Waals surface area (Å²) in [5.41, 5.74) is 0. The van der Waals surface area contributed by atoms with E-state index in [1.165, 1.54) is 0 Å². The first kappa shape index (κ1) is 11.5. The Morgan fingerprint density at radius 2 is 2.00 bits per heavy atom. The SMILES string of the molecule is CC(C)CC1NCC(C(C)C)NC1=O. The van der Waals surface area contributed by atoms with Crippen LogP contribution in [0.5, 0.6) is 0 Å². The summed E-state index contributed by atoms with van der Waals surface area (Å²) in [6.45, 7) is 9.46. The van der Waals surface area contributed by atoms with Crippen molar-refractivity contribution in [3.63, 3.8) is 0 Å². The van der Waals surface area contributed by atoms with E-state index in [1.807, 2.05) is 0 Å². The number of amides is 1. The molecule has 1 rings (SSSR count). The van der Waals surface area contributed by atoms with E-state index in [9.17, 15) is 4.79 Å². The fraction of sp³-hybridized carbons (Fsp3) is 0.909. The molecule has 82 valence electrons. The van der Waals surface area contributed by atoms with Crippen molar-refractivity contribution in [3.8, 4) is 0 Å². The summed E-state index contributed by atoms with van der Waals surface area (Å²) < 4.78 is 0. The lowest BCUT2D eigenvalue weighted by Crippen LogP contribution is -2.60. The molecule has 0 radical (unpaired) electrons. The second-order valence-corrected chi connectivity index (χ2v) is 4.95. The molecular weight excluding hydrogens is 176 g/mol. The fourth-order valence-corrected chi connectivity index (χ4v) is 1.76. The second kappa shape index (κ2) is 4.78. The molecule has 0 aromatic heterocycles. The highest BCUT2D eigenvalue weighted by Crippen LogP contribution is 2.11. The summed E-state index contributed by atoms with van der Waals surface area (Å²) in [6, 6.07) is 0.316. The average Bonchev–Trinajstić information content (AvgIpc) is 2.07. The summed E-state index contributed by atoms with van der Waals surface area (Å²) in [5.74, 6) is 1.24. The molecule has 1 aliphatic rings. The first-order chi connectivity index (χ1) is 6.50. The third kappa shape index (κ3) is 2.98. The molecule has 1 fully saturated rings. The van der Waals surface area contributed by atoms with Gasteiger partial charge in [-0.05, 0) is 18.3 Å². The quantitative estimate of drug-likeness (QED) is 0.714. The first-order valence-electron chi connectivity index (χ1n) is 5.54. The Labute approximate surface area is 86.6 Å². The highest BCUT2D eigenvalue weighted by Gasteiger charge is 2.28. The maximum absolute atomic E-state index is 11.7. The van der Waals surface area contributed by atoms with Gasteiger partial charge in [0.2, 0.25) is 5.91 Å². The third-order valence-corrected chi connectivity index (χ3v) is 2.74. The minimum Gasteiger partial charge on any atom is -0.350 e. The molecule has 1 heterocycles. The van der Waals surface area contributed by atoms with Crippen molar-refractivity contribution in [3.05, 3.63) is 0 Å². The van der Waals surface area contributed by atoms with Crippen LogP contribution in [0.3, 0.4) is 0 Å². The molecule has 14 heavy (non-hydrogen) atoms. The molecule has 0 saturated carbocycles. The van der Waals surface area contributed by atoms with Crippen LogP contribution in [-0.2, 0) is 4.79 Å². The van der Waals surface area contributed by atoms with E-state index in [4.69, 9.17) is 0 Å². The Hall–Kier alpha value is -0.570. The van der Waals surface area contributed by atoms with Crippen LogP contribution in [0, 0.1) is 11.8 Å². The van der Waals surface area contributed by atoms with Crippen LogP contribution in [0.4, 0.5) is 0 Å². The minimum atomic E-state index is 0.0185. The zero-order chi connectivity index (χ0) is 10.7. The predicted molar refractivity (Wildman–Crippen MR) is 58.0 cm³/mol. The van der Waals surface area contributed by atoms with Gasteiger partial charge in [0, 0.05) is 12.6 Å². The number of hydrogen-bond acceptors (Lipinski definition) is 2. The monoisotopic (exact) mass is 198 g/mol. The summed E-state index contributed by atoms with van der Waals surface area (Å²) in [4.78, 5) is 11.7. The highest BCUT2D eigenvalue weighted by molar-refractivity contribution is 5.82. The smallest absolute Gasteiger partial charge is 0.237 e. The normalized spacial score (nSPS) is 28.3. The van der Waals surface area contributed by atoms with Crippen molar-refractivity contribution < 1.29 is 4.79 Å². The number of piperazine rings is 1. The van der Waals surface area contributed by atoms with E-state index in [2.05, 4.69) is 38.3 Å². The zero-order valence-corrected chi connectivity index (χ0v) is 9.63. The molecular formula is C11H22N2O. The minimum absolute atomic E-state index is 0.0185. The molecule has 0 bridgehead atoms. The van der Waals surface area contributed by atoms with Gasteiger partial charge < -0.3 is 10.6 Å². The fourth-order valence-electron chi connectivity index (χ4n) is 1.76. The number of nitrogens with one attached hydrogen (secondary N) is 2. The van der Waals surface area contributed by atoms with Crippen LogP contribution < -0.4 is 10.6 Å². The first-order valence-corrected chi connectivity index (χ1v) is 5.54. The van der Waals surface area contributed by atoms with Gasteiger partial charge in [0.05, 0.1) is 6.04 Å². The van der Waals surface area contributed by atoms with Crippen LogP contribution in [0.15, 0.2) is 0 Å². The van der Waals surface area contributed by atoms with Gasteiger partial charge in [-0.1, -0.05) is 27.7 Å². The summed E-state index contributed by atoms with van der Waals surface area (Å²) in [5, 5.41) is 6.39. The van der Waals surface area contributed by atoms with Crippen molar-refractivity contribution in [1.82, 2.24) is 10.6 Å². The summed E-state index contributed by atoms with van der Waals surface area (Å²) >= 11 is 0. The van der Waals surface area contributed by atoms with E-state index in [1.54, 1.807) is 0 Å². The molecule has 2 unspecified atom stereocenters. The molecule has 1 amide bonds. The van der Waals surface area contributed by atoms with Crippen molar-refractivity contribution in [1.29, 1.82) is 0 Å². The maximum atomic E-state index is 11.7. The molecule has 3 heteroatoms. The lowest BCUT2D eigenvalue weighted by molar-refractivity contribution is -0.126. The van der Waals surface area contributed by atoms with E-state index in [0.29, 0.717) is 17.9 Å². The molecule has 1 aliphatic heterocycles. The van der Waals surface area contributed by atoms with Gasteiger partial charge in [0.25, 0.3) is 0 Å². The number of carbonyl (C=O) groups is 1. The number of hydrogen-bond donors (Lipinski definition) is 2. The van der Waals surface area contributed by atoms with Gasteiger partial charge in [-0.15, -0.1) is 0 Å². The van der Waals surface area contributed by atoms with Gasteiger partial charge in [-0.25, -0.2) is 0 Å². The Balaban J connectivity index is 2.44. The summed E-state index contributed by atoms with van der Waals surface area (Å²) in [6.07, 6.45) is 0.927. The van der Waals surface area contributed by atoms with Crippen LogP contribution in [-0.4, -0.2) is 24.5 Å². The average molecular weight is 198 g/mol. The second-order valence-electron chi connectivity index (χ2n) is 4.95. The Bertz CT molecular complexity index is 201. The van der Waals surface area contributed by atoms with E-state index >= 15 is 0 Å². The maximum Gasteiger partial charge on any atom is 0.237 e. The zero-order valence-electron chi connectivity index (χ0n) is 9.63. The Morgan fingerprint density at radius 1 is 1.36 bits per heavy atom. The van der Waals surface area contributed by atoms with Crippen LogP contribution >= 0.6 is 0 Å². The third-order valence-electron chi connectivity index (χ3n) is 2.74. The lowest BCUT2D eigenvalue weighted by Gasteiger charge is -2.33. The topological polar surface area (TPSA) is 41.1 Å². The molecule has 0 aliphatic carbocycles. The van der Waals surface area contributed by atoms with E-state index in [0.717, 1.165) is 13.0 Å². The standard InChI is InChI=1S/C11H22N2O/c1-7(2)5-9-11(14)13-10(6-12-9)8(3)4/h7-10,12H,5-6H2,1-4H3,(H,13,14). The predicted octanol–water partition coefficient (Wildman–Crippen LogP) is 1.15. The summed E-state index contributed by atoms with van der Waals surface area (Å²) in [7, 11) is 0. The van der Waals surface area contributed by atoms with Crippen LogP contribution in [0.1, 0.15) is 34.1 Å². The van der Waals surface area contributed by atoms with Crippen molar-refractivity contribution in [2.24, 2.45) is 11.8 Å². The Morgan fingerprint density at radius 3 is 2.43 bits per heavy atom. The van der Waals surface area contributed by atoms with Gasteiger partial charge in [0.1, 0.15) is 0 Å². The van der Waals surface area contributed by atoms with E-state index in [-0.39, 0.29) is 11.9 Å². The molecule has 2 atom stereocenters. The van der Waals surface area contributed by atoms with Gasteiger partial charge in [0.15, 0.2) is 0 Å². The van der Waals surface area contributed by atoms with Crippen LogP contribution in [0.2, 0.25) is 0 Å². The van der Waals surface area contributed by atoms with Gasteiger partial charge >= 0.3 is 0 Å². The van der Waals surface area contributed by atoms with E-state index < -0.39 is 0 Å². The van der Waals surface area contributed by atoms with Crippen LogP contribution in [0.25, 0.3) is 0 Å². The molecule has 0 aromatic rings. The van der Waals surface area contributed by atoms with Gasteiger partial charge in [-0.3, -0.25) is 4.79 Å². The van der Waals surface area contributed by atoms with Gasteiger partial charge in [-0.2, -0.15) is 0 Å². The lowest BCUT2D eigenvalue weighted by atomic mass is 9.96. The largest absolute Gasteiger partial charge is 0.350 e. The molecule has 0 spiro atoms. The van der Waals surface area contributed by atoms with Crippen molar-refractivity contribution >= 4 is 5.91 Å². The van der Waals surface area contributed by atoms with Crippen molar-refractivity contribution in [2.45, 2.75) is 46.2 Å². The number of rotatable bonds is 3. The Kier molecular flexibility index (Phi) is 3.93. The number of carbonyl (C=O) groups excluding carboxylic acids is 1.